The Balaban J connectivity index is 2.71. The van der Waals surface area contributed by atoms with E-state index >= 15 is 0 Å². The van der Waals surface area contributed by atoms with Crippen molar-refractivity contribution in [3.8, 4) is 5.75 Å². The van der Waals surface area contributed by atoms with Gasteiger partial charge in [-0.1, -0.05) is 6.07 Å². The molecule has 100 valence electrons. The summed E-state index contributed by atoms with van der Waals surface area (Å²) in [7, 11) is 1.61. The summed E-state index contributed by atoms with van der Waals surface area (Å²) in [5, 5.41) is 11.4. The number of amides is 1. The van der Waals surface area contributed by atoms with Crippen LogP contribution in [0.5, 0.6) is 5.75 Å². The number of aryl methyl sites for hydroxylation is 2. The fraction of sp³-hybridized carbons (Fsp3) is 0.500. The van der Waals surface area contributed by atoms with E-state index in [0.29, 0.717) is 19.4 Å². The highest BCUT2D eigenvalue weighted by molar-refractivity contribution is 5.79. The lowest BCUT2D eigenvalue weighted by Gasteiger charge is -2.12. The zero-order chi connectivity index (χ0) is 13.5. The monoisotopic (exact) mass is 251 g/mol. The van der Waals surface area contributed by atoms with Gasteiger partial charge in [0.05, 0.1) is 13.5 Å². The van der Waals surface area contributed by atoms with Crippen LogP contribution in [-0.2, 0) is 11.2 Å². The van der Waals surface area contributed by atoms with Crippen LogP contribution in [-0.4, -0.2) is 31.3 Å². The van der Waals surface area contributed by atoms with E-state index in [2.05, 4.69) is 5.32 Å². The van der Waals surface area contributed by atoms with Gasteiger partial charge < -0.3 is 15.2 Å². The van der Waals surface area contributed by atoms with Crippen LogP contribution in [0, 0.1) is 13.8 Å². The van der Waals surface area contributed by atoms with E-state index in [9.17, 15) is 4.79 Å². The molecule has 0 saturated heterocycles. The fourth-order valence-electron chi connectivity index (χ4n) is 1.72. The lowest BCUT2D eigenvalue weighted by Crippen LogP contribution is -2.26. The molecule has 18 heavy (non-hydrogen) atoms. The van der Waals surface area contributed by atoms with Gasteiger partial charge in [0.2, 0.25) is 5.91 Å². The largest absolute Gasteiger partial charge is 0.496 e. The molecule has 4 nitrogen and oxygen atoms in total. The van der Waals surface area contributed by atoms with E-state index in [1.165, 1.54) is 0 Å². The van der Waals surface area contributed by atoms with Crippen molar-refractivity contribution in [1.29, 1.82) is 0 Å². The van der Waals surface area contributed by atoms with E-state index in [1.54, 1.807) is 7.11 Å². The van der Waals surface area contributed by atoms with E-state index < -0.39 is 0 Å². The molecule has 1 aromatic rings. The molecule has 0 aromatic heterocycles. The number of hydrogen-bond donors (Lipinski definition) is 2. The molecular weight excluding hydrogens is 230 g/mol. The standard InChI is InChI=1S/C14H21NO3/c1-10-7-12(13(18-3)8-11(10)2)9-14(17)15-5-4-6-16/h7-8,16H,4-6,9H2,1-3H3,(H,15,17). The van der Waals surface area contributed by atoms with Crippen molar-refractivity contribution in [3.05, 3.63) is 28.8 Å². The van der Waals surface area contributed by atoms with Crippen LogP contribution in [0.2, 0.25) is 0 Å². The van der Waals surface area contributed by atoms with Crippen molar-refractivity contribution >= 4 is 5.91 Å². The number of carbonyl (C=O) groups is 1. The molecule has 1 aromatic carbocycles. The molecule has 0 fully saturated rings. The Bertz CT molecular complexity index is 416. The zero-order valence-electron chi connectivity index (χ0n) is 11.2. The number of carbonyl (C=O) groups excluding carboxylic acids is 1. The SMILES string of the molecule is COc1cc(C)c(C)cc1CC(=O)NCCCO. The second-order valence-corrected chi connectivity index (χ2v) is 4.35. The first-order valence-corrected chi connectivity index (χ1v) is 6.10. The van der Waals surface area contributed by atoms with Gasteiger partial charge in [0, 0.05) is 18.7 Å². The minimum atomic E-state index is -0.0509. The Hall–Kier alpha value is -1.55. The molecule has 0 saturated carbocycles. The predicted molar refractivity (Wildman–Crippen MR) is 70.9 cm³/mol. The van der Waals surface area contributed by atoms with Crippen LogP contribution in [0.1, 0.15) is 23.1 Å². The summed E-state index contributed by atoms with van der Waals surface area (Å²) in [6, 6.07) is 3.94. The van der Waals surface area contributed by atoms with Crippen molar-refractivity contribution in [2.45, 2.75) is 26.7 Å². The number of rotatable bonds is 6. The topological polar surface area (TPSA) is 58.6 Å². The van der Waals surface area contributed by atoms with E-state index in [-0.39, 0.29) is 12.5 Å². The van der Waals surface area contributed by atoms with Gasteiger partial charge in [-0.3, -0.25) is 4.79 Å². The van der Waals surface area contributed by atoms with Crippen molar-refractivity contribution in [2.24, 2.45) is 0 Å². The smallest absolute Gasteiger partial charge is 0.224 e. The maximum absolute atomic E-state index is 11.7. The molecule has 0 aliphatic heterocycles. The molecule has 0 aliphatic carbocycles. The first kappa shape index (κ1) is 14.5. The summed E-state index contributed by atoms with van der Waals surface area (Å²) in [5.41, 5.74) is 3.19. The molecular formula is C14H21NO3. The number of nitrogens with one attached hydrogen (secondary N) is 1. The molecule has 0 spiro atoms. The van der Waals surface area contributed by atoms with E-state index in [4.69, 9.17) is 9.84 Å². The molecule has 0 heterocycles. The number of ether oxygens (including phenoxy) is 1. The van der Waals surface area contributed by atoms with Gasteiger partial charge in [-0.05, 0) is 37.5 Å². The van der Waals surface area contributed by atoms with Gasteiger partial charge >= 0.3 is 0 Å². The van der Waals surface area contributed by atoms with Crippen molar-refractivity contribution < 1.29 is 14.6 Å². The summed E-state index contributed by atoms with van der Waals surface area (Å²) in [6.45, 7) is 4.63. The third kappa shape index (κ3) is 4.04. The highest BCUT2D eigenvalue weighted by atomic mass is 16.5. The predicted octanol–water partition coefficient (Wildman–Crippen LogP) is 1.35. The molecule has 0 aliphatic rings. The van der Waals surface area contributed by atoms with Crippen LogP contribution in [0.25, 0.3) is 0 Å². The summed E-state index contributed by atoms with van der Waals surface area (Å²) in [4.78, 5) is 11.7. The normalized spacial score (nSPS) is 10.2. The summed E-state index contributed by atoms with van der Waals surface area (Å²) in [5.74, 6) is 0.695. The molecule has 0 unspecified atom stereocenters. The van der Waals surface area contributed by atoms with Crippen LogP contribution in [0.15, 0.2) is 12.1 Å². The second-order valence-electron chi connectivity index (χ2n) is 4.35. The van der Waals surface area contributed by atoms with Gasteiger partial charge in [-0.15, -0.1) is 0 Å². The Morgan fingerprint density at radius 2 is 2.00 bits per heavy atom. The fourth-order valence-corrected chi connectivity index (χ4v) is 1.72. The van der Waals surface area contributed by atoms with Crippen LogP contribution < -0.4 is 10.1 Å². The molecule has 1 rings (SSSR count). The Labute approximate surface area is 108 Å². The van der Waals surface area contributed by atoms with Gasteiger partial charge in [0.15, 0.2) is 0 Å². The Kier molecular flexibility index (Phi) is 5.65. The van der Waals surface area contributed by atoms with Crippen molar-refractivity contribution in [3.63, 3.8) is 0 Å². The molecule has 0 bridgehead atoms. The maximum Gasteiger partial charge on any atom is 0.224 e. The zero-order valence-corrected chi connectivity index (χ0v) is 11.2. The molecule has 0 atom stereocenters. The number of hydrogen-bond acceptors (Lipinski definition) is 3. The van der Waals surface area contributed by atoms with Gasteiger partial charge in [-0.2, -0.15) is 0 Å². The molecule has 0 radical (unpaired) electrons. The van der Waals surface area contributed by atoms with E-state index in [1.807, 2.05) is 26.0 Å². The minimum absolute atomic E-state index is 0.0509. The Morgan fingerprint density at radius 3 is 2.61 bits per heavy atom. The Morgan fingerprint density at radius 1 is 1.33 bits per heavy atom. The van der Waals surface area contributed by atoms with Crippen LogP contribution in [0.4, 0.5) is 0 Å². The average Bonchev–Trinajstić information content (AvgIpc) is 2.34. The quantitative estimate of drug-likeness (QED) is 0.750. The van der Waals surface area contributed by atoms with Gasteiger partial charge in [-0.25, -0.2) is 0 Å². The first-order valence-electron chi connectivity index (χ1n) is 6.10. The lowest BCUT2D eigenvalue weighted by molar-refractivity contribution is -0.120. The number of aliphatic hydroxyl groups excluding tert-OH is 1. The highest BCUT2D eigenvalue weighted by Gasteiger charge is 2.10. The average molecular weight is 251 g/mol. The summed E-state index contributed by atoms with van der Waals surface area (Å²) in [6.07, 6.45) is 0.880. The third-order valence-electron chi connectivity index (χ3n) is 2.90. The summed E-state index contributed by atoms with van der Waals surface area (Å²) >= 11 is 0. The first-order chi connectivity index (χ1) is 8.58. The van der Waals surface area contributed by atoms with Gasteiger partial charge in [0.25, 0.3) is 0 Å². The summed E-state index contributed by atoms with van der Waals surface area (Å²) < 4.78 is 5.29. The maximum atomic E-state index is 11.7. The number of methoxy groups -OCH3 is 1. The lowest BCUT2D eigenvalue weighted by atomic mass is 10.0. The van der Waals surface area contributed by atoms with Crippen LogP contribution in [0.3, 0.4) is 0 Å². The highest BCUT2D eigenvalue weighted by Crippen LogP contribution is 2.23. The second kappa shape index (κ2) is 7.01. The molecule has 4 heteroatoms. The van der Waals surface area contributed by atoms with E-state index in [0.717, 1.165) is 22.4 Å². The third-order valence-corrected chi connectivity index (χ3v) is 2.90. The molecule has 2 N–H and O–H groups in total. The number of benzene rings is 1. The van der Waals surface area contributed by atoms with Crippen LogP contribution >= 0.6 is 0 Å². The molecule has 1 amide bonds. The number of aliphatic hydroxyl groups is 1. The van der Waals surface area contributed by atoms with Crippen molar-refractivity contribution in [1.82, 2.24) is 5.32 Å². The minimum Gasteiger partial charge on any atom is -0.496 e. The van der Waals surface area contributed by atoms with Crippen molar-refractivity contribution in [2.75, 3.05) is 20.3 Å². The van der Waals surface area contributed by atoms with Gasteiger partial charge in [0.1, 0.15) is 5.75 Å².